The minimum Gasteiger partial charge on any atom is -0.508 e. The van der Waals surface area contributed by atoms with Gasteiger partial charge in [-0.15, -0.1) is 4.52 Å². The molecule has 1 aromatic rings. The van der Waals surface area contributed by atoms with Crippen LogP contribution in [0.5, 0.6) is 5.75 Å². The zero-order valence-electron chi connectivity index (χ0n) is 7.43. The lowest BCUT2D eigenvalue weighted by Gasteiger charge is -1.93. The summed E-state index contributed by atoms with van der Waals surface area (Å²) in [6.07, 6.45) is 0.359. The highest BCUT2D eigenvalue weighted by Crippen LogP contribution is 2.28. The number of hydrogen-bond donors (Lipinski definition) is 1. The maximum absolute atomic E-state index is 11.2. The monoisotopic (exact) mass is 199 g/mol. The average molecular weight is 199 g/mol. The second kappa shape index (κ2) is 4.95. The summed E-state index contributed by atoms with van der Waals surface area (Å²) < 4.78 is 16.1. The molecule has 1 aromatic carbocycles. The van der Waals surface area contributed by atoms with Crippen molar-refractivity contribution in [3.05, 3.63) is 29.8 Å². The molecule has 1 rings (SSSR count). The first-order valence-electron chi connectivity index (χ1n) is 4.08. The van der Waals surface area contributed by atoms with E-state index in [0.29, 0.717) is 12.8 Å². The summed E-state index contributed by atoms with van der Waals surface area (Å²) in [4.78, 5) is 0. The quantitative estimate of drug-likeness (QED) is 0.758. The second-order valence-corrected chi connectivity index (χ2v) is 3.82. The summed E-state index contributed by atoms with van der Waals surface area (Å²) in [6, 6.07) is 6.70. The normalized spacial score (nSPS) is 11.3. The highest BCUT2D eigenvalue weighted by molar-refractivity contribution is 7.38. The van der Waals surface area contributed by atoms with Crippen molar-refractivity contribution < 1.29 is 14.2 Å². The van der Waals surface area contributed by atoms with E-state index in [1.54, 1.807) is 25.1 Å². The average Bonchev–Trinajstić information content (AvgIpc) is 2.04. The topological polar surface area (TPSA) is 46.5 Å². The molecule has 13 heavy (non-hydrogen) atoms. The predicted molar refractivity (Wildman–Crippen MR) is 51.0 cm³/mol. The molecule has 3 nitrogen and oxygen atoms in total. The molecule has 0 radical (unpaired) electrons. The van der Waals surface area contributed by atoms with Gasteiger partial charge in [-0.2, -0.15) is 0 Å². The van der Waals surface area contributed by atoms with Crippen molar-refractivity contribution in [2.24, 2.45) is 0 Å². The Hall–Kier alpha value is -0.920. The smallest absolute Gasteiger partial charge is 0.508 e. The highest BCUT2D eigenvalue weighted by atomic mass is 31.1. The van der Waals surface area contributed by atoms with Gasteiger partial charge in [-0.1, -0.05) is 12.1 Å². The predicted octanol–water partition coefficient (Wildman–Crippen LogP) is 2.67. The maximum Gasteiger partial charge on any atom is 0.512 e. The summed E-state index contributed by atoms with van der Waals surface area (Å²) >= 11 is 0. The van der Waals surface area contributed by atoms with Crippen molar-refractivity contribution in [1.82, 2.24) is 0 Å². The molecule has 0 spiro atoms. The molecule has 0 aromatic heterocycles. The first-order chi connectivity index (χ1) is 6.22. The Morgan fingerprint density at radius 1 is 1.54 bits per heavy atom. The van der Waals surface area contributed by atoms with Crippen LogP contribution in [0.4, 0.5) is 0 Å². The summed E-state index contributed by atoms with van der Waals surface area (Å²) in [5, 5.41) is 9.12. The zero-order valence-corrected chi connectivity index (χ0v) is 8.33. The van der Waals surface area contributed by atoms with Gasteiger partial charge in [0.15, 0.2) is 0 Å². The van der Waals surface area contributed by atoms with Crippen LogP contribution in [0.25, 0.3) is 0 Å². The molecule has 1 unspecified atom stereocenters. The molecule has 0 saturated carbocycles. The third-order valence-electron chi connectivity index (χ3n) is 1.50. The number of hydrogen-bond acceptors (Lipinski definition) is 3. The van der Waals surface area contributed by atoms with Gasteiger partial charge in [-0.05, 0) is 23.6 Å². The molecule has 1 N–H and O–H groups in total. The van der Waals surface area contributed by atoms with Crippen LogP contribution in [-0.2, 0) is 15.3 Å². The van der Waals surface area contributed by atoms with Crippen molar-refractivity contribution in [2.75, 3.05) is 6.61 Å². The fraction of sp³-hybridized carbons (Fsp3) is 0.333. The van der Waals surface area contributed by atoms with Crippen LogP contribution in [0.3, 0.4) is 0 Å². The summed E-state index contributed by atoms with van der Waals surface area (Å²) in [5.74, 6) is 0.192. The minimum atomic E-state index is -1.63. The largest absolute Gasteiger partial charge is 0.512 e. The number of phenols is 1. The molecule has 1 atom stereocenters. The Kier molecular flexibility index (Phi) is 3.87. The van der Waals surface area contributed by atoms with Gasteiger partial charge < -0.3 is 5.11 Å². The van der Waals surface area contributed by atoms with Gasteiger partial charge in [0.25, 0.3) is 0 Å². The van der Waals surface area contributed by atoms with Crippen LogP contribution in [0, 0.1) is 0 Å². The van der Waals surface area contributed by atoms with Gasteiger partial charge in [0, 0.05) is 5.56 Å². The lowest BCUT2D eigenvalue weighted by Crippen LogP contribution is -1.83. The number of rotatable bonds is 4. The van der Waals surface area contributed by atoms with E-state index in [1.165, 1.54) is 0 Å². The van der Waals surface area contributed by atoms with Crippen LogP contribution < -0.4 is 0 Å². The minimum absolute atomic E-state index is 0.192. The van der Waals surface area contributed by atoms with Crippen molar-refractivity contribution >= 4 is 8.03 Å². The molecule has 0 heterocycles. The summed E-state index contributed by atoms with van der Waals surface area (Å²) in [5.41, 5.74) is 0.828. The van der Waals surface area contributed by atoms with E-state index < -0.39 is 8.03 Å². The molecule has 0 bridgehead atoms. The lowest BCUT2D eigenvalue weighted by atomic mass is 10.2. The van der Waals surface area contributed by atoms with E-state index >= 15 is 0 Å². The third-order valence-corrected chi connectivity index (χ3v) is 2.66. The Labute approximate surface area is 78.2 Å². The summed E-state index contributed by atoms with van der Waals surface area (Å²) in [7, 11) is -1.63. The van der Waals surface area contributed by atoms with E-state index in [9.17, 15) is 4.57 Å². The van der Waals surface area contributed by atoms with Gasteiger partial charge in [-0.3, -0.25) is 0 Å². The van der Waals surface area contributed by atoms with E-state index in [1.807, 2.05) is 6.07 Å². The van der Waals surface area contributed by atoms with Gasteiger partial charge >= 0.3 is 8.03 Å². The van der Waals surface area contributed by atoms with E-state index in [4.69, 9.17) is 9.63 Å². The zero-order chi connectivity index (χ0) is 9.68. The van der Waals surface area contributed by atoms with Gasteiger partial charge in [0.05, 0.1) is 6.61 Å². The van der Waals surface area contributed by atoms with Crippen molar-refractivity contribution in [3.63, 3.8) is 0 Å². The van der Waals surface area contributed by atoms with Crippen molar-refractivity contribution in [2.45, 2.75) is 13.1 Å². The SMILES string of the molecule is CCO[P+](=O)Cc1cccc(O)c1. The summed E-state index contributed by atoms with van der Waals surface area (Å²) in [6.45, 7) is 2.25. The van der Waals surface area contributed by atoms with E-state index in [0.717, 1.165) is 5.56 Å². The Morgan fingerprint density at radius 2 is 2.31 bits per heavy atom. The molecule has 4 heteroatoms. The van der Waals surface area contributed by atoms with Gasteiger partial charge in [-0.25, -0.2) is 0 Å². The maximum atomic E-state index is 11.2. The van der Waals surface area contributed by atoms with Crippen LogP contribution in [-0.4, -0.2) is 11.7 Å². The van der Waals surface area contributed by atoms with E-state index in [2.05, 4.69) is 0 Å². The van der Waals surface area contributed by atoms with Crippen molar-refractivity contribution in [1.29, 1.82) is 0 Å². The van der Waals surface area contributed by atoms with Gasteiger partial charge in [0.1, 0.15) is 5.75 Å². The number of benzene rings is 1. The molecular formula is C9H12O3P+. The lowest BCUT2D eigenvalue weighted by molar-refractivity contribution is 0.350. The first-order valence-corrected chi connectivity index (χ1v) is 5.44. The number of aromatic hydroxyl groups is 1. The van der Waals surface area contributed by atoms with Crippen molar-refractivity contribution in [3.8, 4) is 5.75 Å². The molecule has 70 valence electrons. The first kappa shape index (κ1) is 10.2. The molecule has 0 amide bonds. The molecule has 0 saturated heterocycles. The van der Waals surface area contributed by atoms with Crippen LogP contribution in [0.2, 0.25) is 0 Å². The van der Waals surface area contributed by atoms with Gasteiger partial charge in [0.2, 0.25) is 6.16 Å². The standard InChI is InChI=1S/C9H11O3P/c1-2-12-13(11)7-8-4-3-5-9(10)6-8/h3-6H,2,7H2,1H3/p+1. The highest BCUT2D eigenvalue weighted by Gasteiger charge is 2.16. The molecular weight excluding hydrogens is 187 g/mol. The van der Waals surface area contributed by atoms with Crippen LogP contribution in [0.15, 0.2) is 24.3 Å². The molecule has 0 aliphatic carbocycles. The Balaban J connectivity index is 2.58. The molecule has 0 fully saturated rings. The fourth-order valence-corrected chi connectivity index (χ4v) is 1.87. The third kappa shape index (κ3) is 3.53. The second-order valence-electron chi connectivity index (χ2n) is 2.58. The van der Waals surface area contributed by atoms with E-state index in [-0.39, 0.29) is 5.75 Å². The Morgan fingerprint density at radius 3 is 2.92 bits per heavy atom. The molecule has 0 aliphatic heterocycles. The van der Waals surface area contributed by atoms with Crippen LogP contribution in [0.1, 0.15) is 12.5 Å². The van der Waals surface area contributed by atoms with Crippen LogP contribution >= 0.6 is 8.03 Å². The fourth-order valence-electron chi connectivity index (χ4n) is 0.994. The number of phenolic OH excluding ortho intramolecular Hbond substituents is 1. The Bertz CT molecular complexity index is 299. The molecule has 0 aliphatic rings.